The van der Waals surface area contributed by atoms with Gasteiger partial charge in [-0.1, -0.05) is 96.3 Å². The Kier molecular flexibility index (Phi) is 35.1. The van der Waals surface area contributed by atoms with Crippen LogP contribution in [0, 0.1) is 16.0 Å². The van der Waals surface area contributed by atoms with Crippen LogP contribution < -0.4 is 47.3 Å². The second kappa shape index (κ2) is 42.3. The Bertz CT molecular complexity index is 2880. The number of nitrogens with zero attached hydrogens (tertiary/aromatic N) is 1. The maximum Gasteiger partial charge on any atom is 0.514 e. The molecule has 0 saturated heterocycles. The van der Waals surface area contributed by atoms with Crippen molar-refractivity contribution in [2.45, 2.75) is 168 Å². The predicted octanol–water partition coefficient (Wildman–Crippen LogP) is 5.15. The first kappa shape index (κ1) is 75.5. The summed E-state index contributed by atoms with van der Waals surface area (Å²) in [5.74, 6) is -9.54. The van der Waals surface area contributed by atoms with Gasteiger partial charge in [0.05, 0.1) is 44.1 Å². The number of ether oxygens (including phenoxy) is 6. The van der Waals surface area contributed by atoms with Crippen LogP contribution in [0.2, 0.25) is 0 Å². The molecule has 29 nitrogen and oxygen atoms in total. The van der Waals surface area contributed by atoms with Crippen molar-refractivity contribution in [3.8, 4) is 5.75 Å². The van der Waals surface area contributed by atoms with Crippen LogP contribution in [-0.2, 0) is 84.8 Å². The number of nitro groups is 1. The molecule has 0 bridgehead atoms. The van der Waals surface area contributed by atoms with Gasteiger partial charge in [0.15, 0.2) is 0 Å². The van der Waals surface area contributed by atoms with Crippen molar-refractivity contribution in [3.05, 3.63) is 100 Å². The van der Waals surface area contributed by atoms with Gasteiger partial charge in [-0.15, -0.1) is 0 Å². The molecule has 0 aliphatic carbocycles. The molecule has 0 radical (unpaired) electrons. The van der Waals surface area contributed by atoms with Crippen LogP contribution >= 0.6 is 0 Å². The Morgan fingerprint density at radius 2 is 1.05 bits per heavy atom. The molecule has 3 aromatic carbocycles. The quantitative estimate of drug-likeness (QED) is 0.00909. The molecule has 498 valence electrons. The lowest BCUT2D eigenvalue weighted by Gasteiger charge is -2.28. The third kappa shape index (κ3) is 31.4. The lowest BCUT2D eigenvalue weighted by Crippen LogP contribution is -2.59. The molecular formula is C62H85N9O20. The van der Waals surface area contributed by atoms with Crippen LogP contribution in [0.25, 0.3) is 0 Å². The Morgan fingerprint density at radius 3 is 1.63 bits per heavy atom. The zero-order valence-corrected chi connectivity index (χ0v) is 52.2. The molecule has 0 aromatic heterocycles. The normalized spacial score (nSPS) is 12.3. The number of anilines is 1. The Hall–Kier alpha value is -9.70. The first-order valence-electron chi connectivity index (χ1n) is 30.2. The van der Waals surface area contributed by atoms with Crippen molar-refractivity contribution in [1.29, 1.82) is 0 Å². The van der Waals surface area contributed by atoms with Gasteiger partial charge in [-0.3, -0.25) is 58.1 Å². The molecule has 29 heteroatoms. The Labute approximate surface area is 527 Å². The van der Waals surface area contributed by atoms with Crippen LogP contribution in [0.1, 0.15) is 136 Å². The summed E-state index contributed by atoms with van der Waals surface area (Å²) in [6.07, 6.45) is 0.282. The van der Waals surface area contributed by atoms with E-state index >= 15 is 0 Å². The van der Waals surface area contributed by atoms with Crippen molar-refractivity contribution in [3.63, 3.8) is 0 Å². The average Bonchev–Trinajstić information content (AvgIpc) is 1.32. The summed E-state index contributed by atoms with van der Waals surface area (Å²) in [4.78, 5) is 170. The second-order valence-electron chi connectivity index (χ2n) is 21.2. The number of carbonyl (C=O) groups is 12. The zero-order valence-electron chi connectivity index (χ0n) is 52.2. The Balaban J connectivity index is 1.79. The van der Waals surface area contributed by atoms with Crippen molar-refractivity contribution in [2.24, 2.45) is 5.92 Å². The third-order valence-electron chi connectivity index (χ3n) is 13.2. The summed E-state index contributed by atoms with van der Waals surface area (Å²) >= 11 is 0. The highest BCUT2D eigenvalue weighted by molar-refractivity contribution is 6.01. The van der Waals surface area contributed by atoms with Gasteiger partial charge in [-0.05, 0) is 86.3 Å². The largest absolute Gasteiger partial charge is 0.514 e. The van der Waals surface area contributed by atoms with Crippen LogP contribution in [0.3, 0.4) is 0 Å². The molecule has 0 spiro atoms. The molecule has 8 amide bonds. The molecule has 0 aliphatic rings. The summed E-state index contributed by atoms with van der Waals surface area (Å²) in [6.45, 7) is 9.15. The van der Waals surface area contributed by atoms with Crippen LogP contribution in [-0.4, -0.2) is 140 Å². The average molecular weight is 1280 g/mol. The maximum absolute atomic E-state index is 14.4. The number of rotatable bonds is 41. The molecular weight excluding hydrogens is 1190 g/mol. The SMILES string of the molecule is CCCCOC(=O)CC[C@H](NC(=O)[C@H](CC(=O)OCCCC)NC(=O)CNC(=O)[C@H](CCCCNC(=O)OCc1ccccc1)NC(C)=O)C(=O)N[C@H](C(=O)N[C@@H](CC(=O)OCCCC)C(=O)Nc1ccc(COC(=O)Oc2ccc([N+](=O)[O-])cc2)cc1)C(C)C. The van der Waals surface area contributed by atoms with Gasteiger partial charge in [0, 0.05) is 37.7 Å². The van der Waals surface area contributed by atoms with E-state index in [2.05, 4.69) is 42.5 Å². The van der Waals surface area contributed by atoms with Gasteiger partial charge in [0.1, 0.15) is 49.2 Å². The topological polar surface area (TPSA) is 400 Å². The highest BCUT2D eigenvalue weighted by Gasteiger charge is 2.35. The summed E-state index contributed by atoms with van der Waals surface area (Å²) in [5, 5.41) is 31.0. The number of benzene rings is 3. The first-order chi connectivity index (χ1) is 43.5. The van der Waals surface area contributed by atoms with Gasteiger partial charge >= 0.3 is 30.2 Å². The van der Waals surface area contributed by atoms with E-state index in [1.54, 1.807) is 26.0 Å². The fourth-order valence-electron chi connectivity index (χ4n) is 8.09. The number of nitrogens with one attached hydrogen (secondary N) is 8. The van der Waals surface area contributed by atoms with Gasteiger partial charge in [0.25, 0.3) is 5.69 Å². The summed E-state index contributed by atoms with van der Waals surface area (Å²) in [7, 11) is 0. The van der Waals surface area contributed by atoms with Crippen molar-refractivity contribution < 1.29 is 90.9 Å². The minimum atomic E-state index is -1.76. The van der Waals surface area contributed by atoms with Crippen LogP contribution in [0.5, 0.6) is 5.75 Å². The van der Waals surface area contributed by atoms with E-state index in [0.29, 0.717) is 56.9 Å². The molecule has 3 rings (SSSR count). The minimum absolute atomic E-state index is 0.000246. The van der Waals surface area contributed by atoms with Crippen LogP contribution in [0.15, 0.2) is 78.9 Å². The molecule has 5 atom stereocenters. The molecule has 0 aliphatic heterocycles. The van der Waals surface area contributed by atoms with Gasteiger partial charge in [-0.2, -0.15) is 0 Å². The van der Waals surface area contributed by atoms with E-state index in [1.165, 1.54) is 43.3 Å². The fourth-order valence-corrected chi connectivity index (χ4v) is 8.09. The molecule has 0 heterocycles. The van der Waals surface area contributed by atoms with E-state index in [9.17, 15) is 67.6 Å². The number of carbonyl (C=O) groups excluding carboxylic acids is 12. The van der Waals surface area contributed by atoms with E-state index < -0.39 is 145 Å². The zero-order chi connectivity index (χ0) is 67.1. The molecule has 0 saturated carbocycles. The smallest absolute Gasteiger partial charge is 0.466 e. The van der Waals surface area contributed by atoms with E-state index in [1.807, 2.05) is 39.0 Å². The van der Waals surface area contributed by atoms with Crippen molar-refractivity contribution in [2.75, 3.05) is 38.2 Å². The van der Waals surface area contributed by atoms with Gasteiger partial charge in [0.2, 0.25) is 41.4 Å². The number of alkyl carbamates (subject to hydrolysis) is 1. The fraction of sp³-hybridized carbons (Fsp3) is 0.516. The number of non-ortho nitro benzene ring substituents is 1. The number of unbranched alkanes of at least 4 members (excludes halogenated alkanes) is 4. The summed E-state index contributed by atoms with van der Waals surface area (Å²) < 4.78 is 31.3. The Morgan fingerprint density at radius 1 is 0.516 bits per heavy atom. The molecule has 3 aromatic rings. The van der Waals surface area contributed by atoms with Gasteiger partial charge in [-0.25, -0.2) is 9.59 Å². The van der Waals surface area contributed by atoms with Crippen molar-refractivity contribution in [1.82, 2.24) is 37.2 Å². The van der Waals surface area contributed by atoms with E-state index in [4.69, 9.17) is 28.4 Å². The predicted molar refractivity (Wildman–Crippen MR) is 327 cm³/mol. The van der Waals surface area contributed by atoms with Crippen LogP contribution in [0.4, 0.5) is 21.0 Å². The third-order valence-corrected chi connectivity index (χ3v) is 13.2. The molecule has 91 heavy (non-hydrogen) atoms. The minimum Gasteiger partial charge on any atom is -0.466 e. The van der Waals surface area contributed by atoms with Crippen molar-refractivity contribution >= 4 is 82.9 Å². The number of hydrogen-bond donors (Lipinski definition) is 8. The highest BCUT2D eigenvalue weighted by atomic mass is 16.7. The number of nitro benzene ring substituents is 1. The number of esters is 3. The molecule has 8 N–H and O–H groups in total. The lowest BCUT2D eigenvalue weighted by atomic mass is 10.0. The maximum atomic E-state index is 14.4. The summed E-state index contributed by atoms with van der Waals surface area (Å²) in [6, 6.07) is 12.0. The number of amides is 8. The first-order valence-corrected chi connectivity index (χ1v) is 30.2. The molecule has 0 unspecified atom stereocenters. The standard InChI is InChI=1S/C62H85N9O20/c1-7-10-32-86-52(74)30-29-48(68-59(80)49(35-53(75)87-33-11-8-2)67-51(73)37-64-56(77)47(65-41(6)72)20-16-17-31-63-61(82)89-38-42-18-14-13-15-19-42)57(78)70-55(40(4)5)60(81)69-50(36-54(76)88-34-12-9-3)58(79)66-44-23-21-43(22-24-44)39-90-62(83)91-46-27-25-45(26-28-46)71(84)85/h13-15,18-19,21-28,40,47-50,55H,7-12,16-17,20,29-39H2,1-6H3,(H,63,82)(H,64,77)(H,65,72)(H,66,79)(H,67,73)(H,68,80)(H,69,81)(H,70,78)/t47-,48-,49-,50-,55-/m0/s1. The van der Waals surface area contributed by atoms with E-state index in [-0.39, 0.29) is 63.1 Å². The van der Waals surface area contributed by atoms with Gasteiger partial charge < -0.3 is 71.0 Å². The number of hydrogen-bond acceptors (Lipinski definition) is 20. The monoisotopic (exact) mass is 1280 g/mol. The summed E-state index contributed by atoms with van der Waals surface area (Å²) in [5.41, 5.74) is 1.21. The molecule has 0 fully saturated rings. The highest BCUT2D eigenvalue weighted by Crippen LogP contribution is 2.19. The lowest BCUT2D eigenvalue weighted by molar-refractivity contribution is -0.384. The second-order valence-corrected chi connectivity index (χ2v) is 21.2. The van der Waals surface area contributed by atoms with E-state index in [0.717, 1.165) is 17.7 Å².